The third-order valence-electron chi connectivity index (χ3n) is 5.39. The number of hydrogen-bond acceptors (Lipinski definition) is 2. The molecule has 140 valence electrons. The highest BCUT2D eigenvalue weighted by atomic mass is 19.4. The average molecular weight is 377 g/mol. The molecule has 1 saturated carbocycles. The molecule has 0 radical (unpaired) electrons. The first-order valence-corrected chi connectivity index (χ1v) is 8.48. The maximum Gasteiger partial charge on any atom is 0.416 e. The Morgan fingerprint density at radius 3 is 2.44 bits per heavy atom. The Hall–Kier alpha value is -2.70. The van der Waals surface area contributed by atoms with Gasteiger partial charge in [0.2, 0.25) is 11.8 Å². The largest absolute Gasteiger partial charge is 0.416 e. The van der Waals surface area contributed by atoms with E-state index in [4.69, 9.17) is 0 Å². The van der Waals surface area contributed by atoms with Crippen molar-refractivity contribution in [2.24, 2.45) is 5.41 Å². The van der Waals surface area contributed by atoms with E-state index in [-0.39, 0.29) is 30.9 Å². The predicted molar refractivity (Wildman–Crippen MR) is 87.8 cm³/mol. The van der Waals surface area contributed by atoms with E-state index in [9.17, 15) is 27.2 Å². The molecule has 2 aliphatic rings. The van der Waals surface area contributed by atoms with E-state index >= 15 is 0 Å². The lowest BCUT2D eigenvalue weighted by molar-refractivity contribution is -0.141. The fourth-order valence-corrected chi connectivity index (χ4v) is 3.97. The van der Waals surface area contributed by atoms with Gasteiger partial charge in [-0.1, -0.05) is 36.4 Å². The number of likely N-dealkylation sites (tertiary alicyclic amines) is 1. The molecule has 0 N–H and O–H groups in total. The molecule has 2 aromatic rings. The van der Waals surface area contributed by atoms with E-state index in [1.807, 2.05) is 6.07 Å². The van der Waals surface area contributed by atoms with Crippen LogP contribution in [0.15, 0.2) is 48.5 Å². The molecule has 2 aromatic carbocycles. The quantitative estimate of drug-likeness (QED) is 0.592. The van der Waals surface area contributed by atoms with Crippen molar-refractivity contribution in [3.05, 3.63) is 71.0 Å². The monoisotopic (exact) mass is 377 g/mol. The summed E-state index contributed by atoms with van der Waals surface area (Å²) in [6, 6.07) is 11.4. The lowest BCUT2D eigenvalue weighted by atomic mass is 9.94. The van der Waals surface area contributed by atoms with E-state index in [1.165, 1.54) is 0 Å². The summed E-state index contributed by atoms with van der Waals surface area (Å²) in [7, 11) is 0. The summed E-state index contributed by atoms with van der Waals surface area (Å²) < 4.78 is 53.2. The first kappa shape index (κ1) is 17.7. The van der Waals surface area contributed by atoms with Crippen LogP contribution in [0, 0.1) is 11.2 Å². The molecule has 27 heavy (non-hydrogen) atoms. The van der Waals surface area contributed by atoms with Gasteiger partial charge in [0.25, 0.3) is 0 Å². The van der Waals surface area contributed by atoms with Gasteiger partial charge in [-0.2, -0.15) is 13.2 Å². The highest BCUT2D eigenvalue weighted by molar-refractivity contribution is 6.08. The minimum Gasteiger partial charge on any atom is -0.278 e. The number of rotatable bonds is 3. The normalized spacial score (nSPS) is 24.7. The Morgan fingerprint density at radius 1 is 1.07 bits per heavy atom. The Balaban J connectivity index is 1.63. The lowest BCUT2D eigenvalue weighted by Crippen LogP contribution is -2.31. The topological polar surface area (TPSA) is 37.4 Å². The molecular formula is C20H15F4NO2. The molecule has 1 aliphatic carbocycles. The van der Waals surface area contributed by atoms with E-state index in [2.05, 4.69) is 0 Å². The van der Waals surface area contributed by atoms with Gasteiger partial charge in [-0.15, -0.1) is 0 Å². The van der Waals surface area contributed by atoms with Crippen LogP contribution in [-0.4, -0.2) is 16.7 Å². The molecular weight excluding hydrogens is 362 g/mol. The molecule has 1 spiro atoms. The first-order chi connectivity index (χ1) is 12.7. The highest BCUT2D eigenvalue weighted by Crippen LogP contribution is 2.66. The van der Waals surface area contributed by atoms with Crippen molar-refractivity contribution in [2.75, 3.05) is 0 Å². The van der Waals surface area contributed by atoms with Crippen LogP contribution in [0.4, 0.5) is 17.6 Å². The van der Waals surface area contributed by atoms with Gasteiger partial charge in [0.1, 0.15) is 5.82 Å². The zero-order valence-electron chi connectivity index (χ0n) is 14.1. The van der Waals surface area contributed by atoms with E-state index in [0.717, 1.165) is 22.6 Å². The van der Waals surface area contributed by atoms with Gasteiger partial charge in [0, 0.05) is 12.3 Å². The van der Waals surface area contributed by atoms with Crippen LogP contribution in [0.3, 0.4) is 0 Å². The summed E-state index contributed by atoms with van der Waals surface area (Å²) in [6.07, 6.45) is -4.67. The van der Waals surface area contributed by atoms with Crippen LogP contribution in [0.2, 0.25) is 0 Å². The molecule has 1 unspecified atom stereocenters. The summed E-state index contributed by atoms with van der Waals surface area (Å²) in [4.78, 5) is 26.4. The lowest BCUT2D eigenvalue weighted by Gasteiger charge is -2.16. The van der Waals surface area contributed by atoms with Gasteiger partial charge in [-0.3, -0.25) is 14.5 Å². The number of amides is 2. The zero-order valence-corrected chi connectivity index (χ0v) is 14.1. The summed E-state index contributed by atoms with van der Waals surface area (Å²) in [5, 5.41) is 0. The Kier molecular flexibility index (Phi) is 3.87. The summed E-state index contributed by atoms with van der Waals surface area (Å²) in [5.74, 6) is -2.55. The van der Waals surface area contributed by atoms with E-state index in [0.29, 0.717) is 6.07 Å². The number of halogens is 4. The van der Waals surface area contributed by atoms with Gasteiger partial charge in [-0.05, 0) is 29.7 Å². The molecule has 2 amide bonds. The third kappa shape index (κ3) is 2.91. The van der Waals surface area contributed by atoms with Gasteiger partial charge in [0.05, 0.1) is 17.5 Å². The summed E-state index contributed by atoms with van der Waals surface area (Å²) in [6.45, 7) is 0.0997. The van der Waals surface area contributed by atoms with Crippen molar-refractivity contribution in [1.29, 1.82) is 0 Å². The second kappa shape index (κ2) is 5.90. The zero-order chi connectivity index (χ0) is 19.4. The first-order valence-electron chi connectivity index (χ1n) is 8.48. The van der Waals surface area contributed by atoms with Crippen molar-refractivity contribution >= 4 is 11.8 Å². The minimum absolute atomic E-state index is 0.0997. The Bertz CT molecular complexity index is 925. The maximum absolute atomic E-state index is 13.3. The number of carbonyl (C=O) groups excluding carboxylic acids is 2. The van der Waals surface area contributed by atoms with Crippen LogP contribution in [0.5, 0.6) is 0 Å². The van der Waals surface area contributed by atoms with Gasteiger partial charge >= 0.3 is 6.18 Å². The van der Waals surface area contributed by atoms with Crippen molar-refractivity contribution < 1.29 is 27.2 Å². The van der Waals surface area contributed by atoms with Crippen molar-refractivity contribution in [3.8, 4) is 0 Å². The third-order valence-corrected chi connectivity index (χ3v) is 5.39. The maximum atomic E-state index is 13.3. The number of hydrogen-bond donors (Lipinski definition) is 0. The second-order valence-electron chi connectivity index (χ2n) is 7.09. The second-order valence-corrected chi connectivity index (χ2v) is 7.09. The number of carbonyl (C=O) groups is 2. The number of nitrogens with zero attached hydrogens (tertiary/aromatic N) is 1. The van der Waals surface area contributed by atoms with Crippen molar-refractivity contribution in [2.45, 2.75) is 31.5 Å². The molecule has 0 bridgehead atoms. The average Bonchev–Trinajstić information content (AvgIpc) is 3.28. The number of benzene rings is 2. The SMILES string of the molecule is O=C1C[C@@]2(CC2c2ccc(F)cc2C(F)(F)F)C(=O)N1Cc1ccccc1. The van der Waals surface area contributed by atoms with Crippen LogP contribution in [-0.2, 0) is 22.3 Å². The van der Waals surface area contributed by atoms with Crippen LogP contribution in [0.1, 0.15) is 35.4 Å². The standard InChI is InChI=1S/C20H15F4NO2/c21-13-6-7-14(15(8-13)20(22,23)24)16-9-19(16)10-17(26)25(18(19)27)11-12-4-2-1-3-5-12/h1-8,16H,9-11H2/t16?,19-/m1/s1. The number of alkyl halides is 3. The molecule has 2 atom stereocenters. The van der Waals surface area contributed by atoms with Crippen molar-refractivity contribution in [3.63, 3.8) is 0 Å². The molecule has 1 aliphatic heterocycles. The molecule has 2 fully saturated rings. The van der Waals surface area contributed by atoms with Crippen LogP contribution >= 0.6 is 0 Å². The van der Waals surface area contributed by atoms with Gasteiger partial charge in [0.15, 0.2) is 0 Å². The summed E-state index contributed by atoms with van der Waals surface area (Å²) in [5.41, 5.74) is -1.56. The minimum atomic E-state index is -4.73. The van der Waals surface area contributed by atoms with Crippen molar-refractivity contribution in [1.82, 2.24) is 4.90 Å². The van der Waals surface area contributed by atoms with Crippen LogP contribution in [0.25, 0.3) is 0 Å². The Morgan fingerprint density at radius 2 is 1.78 bits per heavy atom. The van der Waals surface area contributed by atoms with E-state index in [1.54, 1.807) is 24.3 Å². The van der Waals surface area contributed by atoms with Gasteiger partial charge < -0.3 is 0 Å². The smallest absolute Gasteiger partial charge is 0.278 e. The van der Waals surface area contributed by atoms with E-state index < -0.39 is 34.8 Å². The number of imide groups is 1. The summed E-state index contributed by atoms with van der Waals surface area (Å²) >= 11 is 0. The molecule has 0 aromatic heterocycles. The predicted octanol–water partition coefficient (Wildman–Crippen LogP) is 4.28. The highest BCUT2D eigenvalue weighted by Gasteiger charge is 2.68. The molecule has 1 saturated heterocycles. The fourth-order valence-electron chi connectivity index (χ4n) is 3.97. The fraction of sp³-hybridized carbons (Fsp3) is 0.300. The molecule has 4 rings (SSSR count). The molecule has 1 heterocycles. The van der Waals surface area contributed by atoms with Gasteiger partial charge in [-0.25, -0.2) is 4.39 Å². The Labute approximate surface area is 152 Å². The molecule has 7 heteroatoms. The molecule has 3 nitrogen and oxygen atoms in total. The van der Waals surface area contributed by atoms with Crippen LogP contribution < -0.4 is 0 Å².